The second-order valence-corrected chi connectivity index (χ2v) is 7.58. The van der Waals surface area contributed by atoms with Crippen molar-refractivity contribution < 1.29 is 4.79 Å². The third-order valence-electron chi connectivity index (χ3n) is 4.46. The standard InChI is InChI=1S/C18H22ClN3OS.2ClH/c1-12(20)16-8-4-5-9-22(16)17(23)10-13-11-24-18(21-13)14-6-2-3-7-15(14)19;;/h2-3,6-7,11-12,16H,4-5,8-10,20H2,1H3;2*1H. The molecule has 2 N–H and O–H groups in total. The summed E-state index contributed by atoms with van der Waals surface area (Å²) >= 11 is 7.75. The quantitative estimate of drug-likeness (QED) is 0.763. The lowest BCUT2D eigenvalue weighted by Gasteiger charge is -2.38. The molecule has 1 fully saturated rings. The molecule has 1 aromatic heterocycles. The summed E-state index contributed by atoms with van der Waals surface area (Å²) < 4.78 is 0. The highest BCUT2D eigenvalue weighted by Crippen LogP contribution is 2.30. The van der Waals surface area contributed by atoms with Crippen LogP contribution in [-0.4, -0.2) is 34.4 Å². The van der Waals surface area contributed by atoms with E-state index in [4.69, 9.17) is 17.3 Å². The molecule has 144 valence electrons. The van der Waals surface area contributed by atoms with Crippen LogP contribution in [0.2, 0.25) is 5.02 Å². The van der Waals surface area contributed by atoms with Crippen LogP contribution in [0.25, 0.3) is 10.6 Å². The van der Waals surface area contributed by atoms with E-state index in [1.165, 1.54) is 11.3 Å². The lowest BCUT2D eigenvalue weighted by molar-refractivity contribution is -0.134. The minimum Gasteiger partial charge on any atom is -0.338 e. The Kier molecular flexibility index (Phi) is 9.34. The number of carbonyl (C=O) groups excluding carboxylic acids is 1. The molecule has 2 unspecified atom stereocenters. The van der Waals surface area contributed by atoms with Crippen LogP contribution in [0.4, 0.5) is 0 Å². The van der Waals surface area contributed by atoms with Gasteiger partial charge in [0, 0.05) is 29.6 Å². The highest BCUT2D eigenvalue weighted by Gasteiger charge is 2.29. The number of nitrogens with zero attached hydrogens (tertiary/aromatic N) is 2. The first kappa shape index (κ1) is 23.2. The van der Waals surface area contributed by atoms with Gasteiger partial charge in [0.2, 0.25) is 5.91 Å². The number of benzene rings is 1. The van der Waals surface area contributed by atoms with Crippen LogP contribution in [-0.2, 0) is 11.2 Å². The zero-order valence-electron chi connectivity index (χ0n) is 14.6. The Bertz CT molecular complexity index is 723. The third kappa shape index (κ3) is 5.33. The number of halogens is 3. The van der Waals surface area contributed by atoms with E-state index in [0.717, 1.165) is 42.1 Å². The van der Waals surface area contributed by atoms with Crippen molar-refractivity contribution in [2.45, 2.75) is 44.7 Å². The third-order valence-corrected chi connectivity index (χ3v) is 5.72. The van der Waals surface area contributed by atoms with Crippen molar-refractivity contribution in [2.75, 3.05) is 6.54 Å². The van der Waals surface area contributed by atoms with Gasteiger partial charge < -0.3 is 10.6 Å². The van der Waals surface area contributed by atoms with E-state index in [-0.39, 0.29) is 42.8 Å². The van der Waals surface area contributed by atoms with Gasteiger partial charge in [0.05, 0.1) is 17.1 Å². The van der Waals surface area contributed by atoms with Gasteiger partial charge >= 0.3 is 0 Å². The summed E-state index contributed by atoms with van der Waals surface area (Å²) in [5.74, 6) is 0.119. The minimum atomic E-state index is 0. The van der Waals surface area contributed by atoms with Crippen molar-refractivity contribution in [2.24, 2.45) is 5.73 Å². The number of nitrogens with two attached hydrogens (primary N) is 1. The van der Waals surface area contributed by atoms with E-state index in [1.54, 1.807) is 0 Å². The van der Waals surface area contributed by atoms with E-state index in [0.29, 0.717) is 11.4 Å². The number of aromatic nitrogens is 1. The van der Waals surface area contributed by atoms with Crippen molar-refractivity contribution in [3.8, 4) is 10.6 Å². The van der Waals surface area contributed by atoms with Gasteiger partial charge in [0.15, 0.2) is 0 Å². The second kappa shape index (κ2) is 10.5. The van der Waals surface area contributed by atoms with Gasteiger partial charge in [-0.3, -0.25) is 4.79 Å². The number of hydrogen-bond donors (Lipinski definition) is 1. The zero-order valence-corrected chi connectivity index (χ0v) is 17.8. The molecule has 1 aliphatic heterocycles. The Labute approximate surface area is 175 Å². The Morgan fingerprint density at radius 1 is 1.38 bits per heavy atom. The van der Waals surface area contributed by atoms with E-state index < -0.39 is 0 Å². The summed E-state index contributed by atoms with van der Waals surface area (Å²) in [6, 6.07) is 7.78. The molecule has 1 amide bonds. The molecule has 3 rings (SSSR count). The van der Waals surface area contributed by atoms with Crippen LogP contribution in [0, 0.1) is 0 Å². The van der Waals surface area contributed by atoms with Gasteiger partial charge in [0.25, 0.3) is 0 Å². The van der Waals surface area contributed by atoms with Gasteiger partial charge in [-0.1, -0.05) is 29.8 Å². The summed E-state index contributed by atoms with van der Waals surface area (Å²) in [6.07, 6.45) is 3.51. The smallest absolute Gasteiger partial charge is 0.228 e. The minimum absolute atomic E-state index is 0. The Morgan fingerprint density at radius 3 is 2.81 bits per heavy atom. The van der Waals surface area contributed by atoms with Gasteiger partial charge in [-0.2, -0.15) is 0 Å². The van der Waals surface area contributed by atoms with Crippen LogP contribution in [0.15, 0.2) is 29.6 Å². The van der Waals surface area contributed by atoms with E-state index in [1.807, 2.05) is 41.5 Å². The lowest BCUT2D eigenvalue weighted by Crippen LogP contribution is -2.52. The molecule has 0 aliphatic carbocycles. The largest absolute Gasteiger partial charge is 0.338 e. The fraction of sp³-hybridized carbons (Fsp3) is 0.444. The Hall–Kier alpha value is -0.850. The van der Waals surface area contributed by atoms with Crippen LogP contribution in [0.5, 0.6) is 0 Å². The van der Waals surface area contributed by atoms with Crippen molar-refractivity contribution in [1.29, 1.82) is 0 Å². The number of likely N-dealkylation sites (tertiary alicyclic amines) is 1. The molecule has 0 spiro atoms. The average Bonchev–Trinajstić information content (AvgIpc) is 3.03. The van der Waals surface area contributed by atoms with Crippen LogP contribution < -0.4 is 5.73 Å². The van der Waals surface area contributed by atoms with Crippen molar-refractivity contribution in [3.05, 3.63) is 40.4 Å². The molecular weight excluding hydrogens is 413 g/mol. The molecule has 0 radical (unpaired) electrons. The van der Waals surface area contributed by atoms with Gasteiger partial charge in [-0.25, -0.2) is 4.98 Å². The maximum Gasteiger partial charge on any atom is 0.228 e. The highest BCUT2D eigenvalue weighted by molar-refractivity contribution is 7.13. The topological polar surface area (TPSA) is 59.2 Å². The molecule has 2 atom stereocenters. The first-order valence-electron chi connectivity index (χ1n) is 8.30. The number of carbonyl (C=O) groups is 1. The van der Waals surface area contributed by atoms with Crippen molar-refractivity contribution >= 4 is 53.7 Å². The summed E-state index contributed by atoms with van der Waals surface area (Å²) in [4.78, 5) is 19.3. The lowest BCUT2D eigenvalue weighted by atomic mass is 9.96. The molecule has 0 bridgehead atoms. The predicted octanol–water partition coefficient (Wildman–Crippen LogP) is 4.58. The van der Waals surface area contributed by atoms with Crippen molar-refractivity contribution in [3.63, 3.8) is 0 Å². The molecule has 26 heavy (non-hydrogen) atoms. The maximum absolute atomic E-state index is 12.7. The Balaban J connectivity index is 0.00000169. The summed E-state index contributed by atoms with van der Waals surface area (Å²) in [5, 5.41) is 3.48. The molecular formula is C18H24Cl3N3OS. The number of hydrogen-bond acceptors (Lipinski definition) is 4. The van der Waals surface area contributed by atoms with Gasteiger partial charge in [-0.05, 0) is 32.3 Å². The first-order chi connectivity index (χ1) is 11.6. The summed E-state index contributed by atoms with van der Waals surface area (Å²) in [6.45, 7) is 2.78. The van der Waals surface area contributed by atoms with Crippen LogP contribution in [0.1, 0.15) is 31.9 Å². The maximum atomic E-state index is 12.7. The fourth-order valence-corrected chi connectivity index (χ4v) is 4.36. The number of rotatable bonds is 4. The monoisotopic (exact) mass is 435 g/mol. The average molecular weight is 437 g/mol. The molecule has 2 heterocycles. The molecule has 4 nitrogen and oxygen atoms in total. The normalized spacial score (nSPS) is 17.8. The van der Waals surface area contributed by atoms with E-state index in [9.17, 15) is 4.79 Å². The van der Waals surface area contributed by atoms with Gasteiger partial charge in [-0.15, -0.1) is 36.2 Å². The number of thiazole rings is 1. The highest BCUT2D eigenvalue weighted by atomic mass is 35.5. The number of piperidine rings is 1. The summed E-state index contributed by atoms with van der Waals surface area (Å²) in [5.41, 5.74) is 7.77. The molecule has 1 aromatic carbocycles. The summed E-state index contributed by atoms with van der Waals surface area (Å²) in [7, 11) is 0. The SMILES string of the molecule is CC(N)C1CCCCN1C(=O)Cc1csc(-c2ccccc2Cl)n1.Cl.Cl. The molecule has 2 aromatic rings. The van der Waals surface area contributed by atoms with Crippen LogP contribution >= 0.6 is 47.8 Å². The molecule has 1 saturated heterocycles. The zero-order chi connectivity index (χ0) is 17.1. The van der Waals surface area contributed by atoms with E-state index >= 15 is 0 Å². The van der Waals surface area contributed by atoms with Crippen LogP contribution in [0.3, 0.4) is 0 Å². The molecule has 0 saturated carbocycles. The van der Waals surface area contributed by atoms with Crippen molar-refractivity contribution in [1.82, 2.24) is 9.88 Å². The molecule has 8 heteroatoms. The fourth-order valence-electron chi connectivity index (χ4n) is 3.22. The Morgan fingerprint density at radius 2 is 2.12 bits per heavy atom. The van der Waals surface area contributed by atoms with Gasteiger partial charge in [0.1, 0.15) is 5.01 Å². The van der Waals surface area contributed by atoms with E-state index in [2.05, 4.69) is 4.98 Å². The molecule has 1 aliphatic rings. The predicted molar refractivity (Wildman–Crippen MR) is 114 cm³/mol. The second-order valence-electron chi connectivity index (χ2n) is 6.31. The first-order valence-corrected chi connectivity index (χ1v) is 9.56. The number of amides is 1.